The number of fused-ring (bicyclic) bond motifs is 2. The molecule has 2 heterocycles. The Kier molecular flexibility index (Phi) is 3.59. The van der Waals surface area contributed by atoms with E-state index in [1.54, 1.807) is 18.2 Å². The summed E-state index contributed by atoms with van der Waals surface area (Å²) in [6.07, 6.45) is 0. The SMILES string of the molecule is O=[N+]([O-])c1c2cccccc-2nc1Sc1cc2cccccc-2n1. The van der Waals surface area contributed by atoms with E-state index >= 15 is 0 Å². The lowest BCUT2D eigenvalue weighted by Crippen LogP contribution is -1.88. The van der Waals surface area contributed by atoms with Crippen LogP contribution in [0.4, 0.5) is 5.69 Å². The molecule has 0 saturated heterocycles. The highest BCUT2D eigenvalue weighted by molar-refractivity contribution is 7.99. The zero-order valence-electron chi connectivity index (χ0n) is 12.4. The summed E-state index contributed by atoms with van der Waals surface area (Å²) < 4.78 is 0. The molecule has 0 amide bonds. The van der Waals surface area contributed by atoms with Crippen molar-refractivity contribution in [3.63, 3.8) is 0 Å². The van der Waals surface area contributed by atoms with Gasteiger partial charge in [-0.25, -0.2) is 9.97 Å². The van der Waals surface area contributed by atoms with Gasteiger partial charge in [0.05, 0.1) is 21.9 Å². The largest absolute Gasteiger partial charge is 0.311 e. The van der Waals surface area contributed by atoms with Gasteiger partial charge in [0.2, 0.25) is 0 Å². The van der Waals surface area contributed by atoms with Crippen molar-refractivity contribution >= 4 is 17.4 Å². The van der Waals surface area contributed by atoms with E-state index in [4.69, 9.17) is 0 Å². The molecule has 0 unspecified atom stereocenters. The maximum absolute atomic E-state index is 11.5. The monoisotopic (exact) mass is 333 g/mol. The summed E-state index contributed by atoms with van der Waals surface area (Å²) in [6, 6.07) is 20.5. The number of rotatable bonds is 3. The molecule has 116 valence electrons. The molecular weight excluding hydrogens is 322 g/mol. The topological polar surface area (TPSA) is 68.9 Å². The average molecular weight is 333 g/mol. The highest BCUT2D eigenvalue weighted by Gasteiger charge is 2.28. The second kappa shape index (κ2) is 5.90. The van der Waals surface area contributed by atoms with Gasteiger partial charge in [-0.3, -0.25) is 10.1 Å². The Morgan fingerprint density at radius 1 is 0.875 bits per heavy atom. The summed E-state index contributed by atoms with van der Waals surface area (Å²) in [5, 5.41) is 12.6. The third-order valence-electron chi connectivity index (χ3n) is 3.64. The molecule has 0 aromatic carbocycles. The van der Waals surface area contributed by atoms with E-state index in [1.165, 1.54) is 11.8 Å². The highest BCUT2D eigenvalue weighted by atomic mass is 32.2. The molecule has 0 atom stereocenters. The first-order valence-electron chi connectivity index (χ1n) is 7.29. The van der Waals surface area contributed by atoms with Gasteiger partial charge < -0.3 is 0 Å². The summed E-state index contributed by atoms with van der Waals surface area (Å²) in [5.41, 5.74) is 3.02. The molecule has 0 aromatic heterocycles. The van der Waals surface area contributed by atoms with Gasteiger partial charge >= 0.3 is 5.69 Å². The van der Waals surface area contributed by atoms with E-state index in [-0.39, 0.29) is 10.6 Å². The molecule has 0 spiro atoms. The lowest BCUT2D eigenvalue weighted by Gasteiger charge is -1.93. The molecule has 2 aliphatic heterocycles. The lowest BCUT2D eigenvalue weighted by molar-refractivity contribution is -0.386. The van der Waals surface area contributed by atoms with Gasteiger partial charge in [0.1, 0.15) is 5.03 Å². The number of nitrogens with zero attached hydrogens (tertiary/aromatic N) is 3. The molecule has 0 bridgehead atoms. The molecule has 0 aromatic rings. The first kappa shape index (κ1) is 14.6. The molecule has 0 fully saturated rings. The lowest BCUT2D eigenvalue weighted by atomic mass is 10.2. The van der Waals surface area contributed by atoms with E-state index in [1.807, 2.05) is 48.5 Å². The van der Waals surface area contributed by atoms with Crippen LogP contribution in [-0.2, 0) is 0 Å². The quantitative estimate of drug-likeness (QED) is 0.400. The molecule has 0 radical (unpaired) electrons. The Morgan fingerprint density at radius 2 is 1.58 bits per heavy atom. The molecule has 0 N–H and O–H groups in total. The fourth-order valence-electron chi connectivity index (χ4n) is 2.57. The van der Waals surface area contributed by atoms with Crippen molar-refractivity contribution in [1.82, 2.24) is 9.97 Å². The van der Waals surface area contributed by atoms with Crippen LogP contribution in [0.1, 0.15) is 0 Å². The standard InChI is InChI=1S/C18H11N3O2S/c22-21(23)17-13-8-4-2-6-10-15(13)20-18(17)24-16-11-12-7-3-1-5-9-14(12)19-16/h1-11H. The summed E-state index contributed by atoms with van der Waals surface area (Å²) in [6.45, 7) is 0. The van der Waals surface area contributed by atoms with Crippen molar-refractivity contribution in [2.75, 3.05) is 0 Å². The number of aromatic nitrogens is 2. The highest BCUT2D eigenvalue weighted by Crippen LogP contribution is 2.43. The normalized spacial score (nSPS) is 11.0. The minimum atomic E-state index is -0.375. The first-order valence-corrected chi connectivity index (χ1v) is 8.11. The van der Waals surface area contributed by atoms with Crippen molar-refractivity contribution < 1.29 is 4.92 Å². The van der Waals surface area contributed by atoms with Crippen LogP contribution in [0.15, 0.2) is 76.8 Å². The predicted molar refractivity (Wildman–Crippen MR) is 92.5 cm³/mol. The zero-order chi connectivity index (χ0) is 16.5. The van der Waals surface area contributed by atoms with Gasteiger partial charge in [0.15, 0.2) is 5.03 Å². The van der Waals surface area contributed by atoms with Crippen LogP contribution in [0.25, 0.3) is 22.5 Å². The minimum Gasteiger partial charge on any atom is -0.258 e. The van der Waals surface area contributed by atoms with E-state index in [0.717, 1.165) is 11.3 Å². The second-order valence-corrected chi connectivity index (χ2v) is 6.19. The molecule has 2 aliphatic carbocycles. The van der Waals surface area contributed by atoms with E-state index in [2.05, 4.69) is 9.97 Å². The van der Waals surface area contributed by atoms with Gasteiger partial charge in [-0.1, -0.05) is 42.5 Å². The van der Waals surface area contributed by atoms with Gasteiger partial charge in [0.25, 0.3) is 0 Å². The van der Waals surface area contributed by atoms with Crippen LogP contribution in [0, 0.1) is 10.1 Å². The van der Waals surface area contributed by atoms with Crippen molar-refractivity contribution in [1.29, 1.82) is 0 Å². The Morgan fingerprint density at radius 3 is 2.38 bits per heavy atom. The summed E-state index contributed by atoms with van der Waals surface area (Å²) >= 11 is 1.22. The van der Waals surface area contributed by atoms with Gasteiger partial charge in [-0.15, -0.1) is 0 Å². The molecule has 6 heteroatoms. The Labute approximate surface area is 142 Å². The van der Waals surface area contributed by atoms with Crippen molar-refractivity contribution in [2.24, 2.45) is 0 Å². The summed E-state index contributed by atoms with van der Waals surface area (Å²) in [7, 11) is 0. The molecule has 24 heavy (non-hydrogen) atoms. The fraction of sp³-hybridized carbons (Fsp3) is 0. The van der Waals surface area contributed by atoms with Crippen molar-refractivity contribution in [3.8, 4) is 22.5 Å². The van der Waals surface area contributed by atoms with Crippen LogP contribution in [0.3, 0.4) is 0 Å². The molecule has 4 rings (SSSR count). The van der Waals surface area contributed by atoms with E-state index < -0.39 is 0 Å². The zero-order valence-corrected chi connectivity index (χ0v) is 13.2. The Bertz CT molecular complexity index is 958. The smallest absolute Gasteiger partial charge is 0.258 e. The van der Waals surface area contributed by atoms with Crippen molar-refractivity contribution in [3.05, 3.63) is 76.8 Å². The van der Waals surface area contributed by atoms with Crippen LogP contribution < -0.4 is 0 Å². The second-order valence-electron chi connectivity index (χ2n) is 5.18. The third-order valence-corrected chi connectivity index (χ3v) is 4.53. The minimum absolute atomic E-state index is 0.0313. The van der Waals surface area contributed by atoms with Gasteiger partial charge in [0, 0.05) is 5.56 Å². The van der Waals surface area contributed by atoms with Crippen LogP contribution in [0.2, 0.25) is 0 Å². The molecule has 0 saturated carbocycles. The van der Waals surface area contributed by atoms with Crippen LogP contribution in [-0.4, -0.2) is 14.9 Å². The molecular formula is C18H11N3O2S. The van der Waals surface area contributed by atoms with Gasteiger partial charge in [-0.05, 0) is 36.0 Å². The average Bonchev–Trinajstić information content (AvgIpc) is 2.89. The van der Waals surface area contributed by atoms with Crippen LogP contribution >= 0.6 is 11.8 Å². The fourth-order valence-corrected chi connectivity index (χ4v) is 3.52. The molecule has 4 aliphatic rings. The molecule has 5 nitrogen and oxygen atoms in total. The Balaban J connectivity index is 1.82. The Hall–Kier alpha value is -2.99. The summed E-state index contributed by atoms with van der Waals surface area (Å²) in [4.78, 5) is 20.1. The van der Waals surface area contributed by atoms with Crippen LogP contribution in [0.5, 0.6) is 0 Å². The predicted octanol–water partition coefficient (Wildman–Crippen LogP) is 4.75. The first-order chi connectivity index (χ1) is 11.7. The third kappa shape index (κ3) is 2.57. The number of hydrogen-bond acceptors (Lipinski definition) is 5. The maximum Gasteiger partial charge on any atom is 0.311 e. The van der Waals surface area contributed by atoms with E-state index in [9.17, 15) is 10.1 Å². The number of hydrogen-bond donors (Lipinski definition) is 0. The maximum atomic E-state index is 11.5. The van der Waals surface area contributed by atoms with E-state index in [0.29, 0.717) is 21.3 Å². The number of nitro groups is 1. The van der Waals surface area contributed by atoms with Crippen molar-refractivity contribution in [2.45, 2.75) is 10.1 Å². The summed E-state index contributed by atoms with van der Waals surface area (Å²) in [5.74, 6) is 0. The van der Waals surface area contributed by atoms with Gasteiger partial charge in [-0.2, -0.15) is 0 Å².